The second-order valence-electron chi connectivity index (χ2n) is 7.38. The van der Waals surface area contributed by atoms with Gasteiger partial charge in [-0.1, -0.05) is 17.7 Å². The van der Waals surface area contributed by atoms with Crippen LogP contribution >= 0.6 is 11.6 Å². The molecule has 0 unspecified atom stereocenters. The van der Waals surface area contributed by atoms with Crippen molar-refractivity contribution in [2.45, 2.75) is 30.8 Å². The lowest BCUT2D eigenvalue weighted by Crippen LogP contribution is -2.44. The smallest absolute Gasteiger partial charge is 0.312 e. The number of benzene rings is 2. The highest BCUT2D eigenvalue weighted by Crippen LogP contribution is 2.37. The first kappa shape index (κ1) is 24.5. The molecular formula is C21H21ClF4N2O3S. The van der Waals surface area contributed by atoms with E-state index in [0.29, 0.717) is 18.3 Å². The molecule has 5 nitrogen and oxygen atoms in total. The van der Waals surface area contributed by atoms with Crippen LogP contribution in [0.4, 0.5) is 23.2 Å². The monoisotopic (exact) mass is 492 g/mol. The zero-order chi connectivity index (χ0) is 23.7. The van der Waals surface area contributed by atoms with Crippen LogP contribution < -0.4 is 4.90 Å². The van der Waals surface area contributed by atoms with Crippen LogP contribution in [0.1, 0.15) is 25.3 Å². The number of carbonyl (C=O) groups is 1. The van der Waals surface area contributed by atoms with Crippen LogP contribution in [0, 0.1) is 11.7 Å². The Morgan fingerprint density at radius 2 is 1.81 bits per heavy atom. The minimum absolute atomic E-state index is 0.0244. The Morgan fingerprint density at radius 1 is 1.16 bits per heavy atom. The molecule has 1 aliphatic heterocycles. The molecule has 1 amide bonds. The maximum atomic E-state index is 13.6. The SMILES string of the molecule is CCN(C(=O)C1CCN(S(=O)(=O)c2ccc(Cl)c(C(F)(F)F)c2)CC1)c1cccc(F)c1. The molecule has 3 rings (SSSR count). The average molecular weight is 493 g/mol. The minimum Gasteiger partial charge on any atom is -0.312 e. The van der Waals surface area contributed by atoms with Crippen LogP contribution in [0.5, 0.6) is 0 Å². The average Bonchev–Trinajstić information content (AvgIpc) is 2.73. The topological polar surface area (TPSA) is 57.7 Å². The number of hydrogen-bond donors (Lipinski definition) is 0. The normalized spacial score (nSPS) is 16.2. The van der Waals surface area contributed by atoms with E-state index in [0.717, 1.165) is 16.4 Å². The quantitative estimate of drug-likeness (QED) is 0.555. The van der Waals surface area contributed by atoms with E-state index >= 15 is 0 Å². The van der Waals surface area contributed by atoms with Gasteiger partial charge in [-0.25, -0.2) is 12.8 Å². The molecule has 1 saturated heterocycles. The lowest BCUT2D eigenvalue weighted by atomic mass is 9.96. The molecule has 0 spiro atoms. The third-order valence-electron chi connectivity index (χ3n) is 5.39. The summed E-state index contributed by atoms with van der Waals surface area (Å²) in [6.45, 7) is 2.01. The van der Waals surface area contributed by atoms with Crippen LogP contribution in [-0.4, -0.2) is 38.3 Å². The highest BCUT2D eigenvalue weighted by molar-refractivity contribution is 7.89. The van der Waals surface area contributed by atoms with Crippen LogP contribution in [0.3, 0.4) is 0 Å². The number of halogens is 5. The van der Waals surface area contributed by atoms with Gasteiger partial charge in [0.15, 0.2) is 0 Å². The molecule has 1 aliphatic rings. The maximum absolute atomic E-state index is 13.6. The van der Waals surface area contributed by atoms with Crippen molar-refractivity contribution < 1.29 is 30.8 Å². The summed E-state index contributed by atoms with van der Waals surface area (Å²) in [7, 11) is -4.19. The highest BCUT2D eigenvalue weighted by atomic mass is 35.5. The first-order valence-corrected chi connectivity index (χ1v) is 11.7. The van der Waals surface area contributed by atoms with Gasteiger partial charge in [-0.2, -0.15) is 17.5 Å². The summed E-state index contributed by atoms with van der Waals surface area (Å²) in [5.74, 6) is -1.21. The summed E-state index contributed by atoms with van der Waals surface area (Å²) >= 11 is 5.58. The fraction of sp³-hybridized carbons (Fsp3) is 0.381. The van der Waals surface area contributed by atoms with Gasteiger partial charge in [0.25, 0.3) is 0 Å². The lowest BCUT2D eigenvalue weighted by Gasteiger charge is -2.33. The van der Waals surface area contributed by atoms with Gasteiger partial charge in [-0.3, -0.25) is 4.79 Å². The standard InChI is InChI=1S/C21H21ClF4N2O3S/c1-2-28(16-5-3-4-15(23)12-16)20(29)14-8-10-27(11-9-14)32(30,31)17-6-7-19(22)18(13-17)21(24,25)26/h3-7,12-14H,2,8-11H2,1H3. The summed E-state index contributed by atoms with van der Waals surface area (Å²) in [5, 5.41) is -0.585. The fourth-order valence-corrected chi connectivity index (χ4v) is 5.43. The van der Waals surface area contributed by atoms with Gasteiger partial charge in [0.2, 0.25) is 15.9 Å². The highest BCUT2D eigenvalue weighted by Gasteiger charge is 2.37. The Balaban J connectivity index is 1.74. The second-order valence-corrected chi connectivity index (χ2v) is 9.73. The summed E-state index contributed by atoms with van der Waals surface area (Å²) in [5.41, 5.74) is -0.813. The van der Waals surface area contributed by atoms with Crippen molar-refractivity contribution in [1.29, 1.82) is 0 Å². The molecular weight excluding hydrogens is 472 g/mol. The molecule has 2 aromatic carbocycles. The lowest BCUT2D eigenvalue weighted by molar-refractivity contribution is -0.137. The van der Waals surface area contributed by atoms with Crippen molar-refractivity contribution in [3.05, 3.63) is 58.9 Å². The van der Waals surface area contributed by atoms with Crippen molar-refractivity contribution in [2.75, 3.05) is 24.5 Å². The predicted octanol–water partition coefficient (Wildman–Crippen LogP) is 4.95. The van der Waals surface area contributed by atoms with Crippen molar-refractivity contribution in [2.24, 2.45) is 5.92 Å². The molecule has 32 heavy (non-hydrogen) atoms. The molecule has 174 valence electrons. The van der Waals surface area contributed by atoms with E-state index in [1.165, 1.54) is 23.1 Å². The maximum Gasteiger partial charge on any atom is 0.417 e. The number of nitrogens with zero attached hydrogens (tertiary/aromatic N) is 2. The zero-order valence-corrected chi connectivity index (χ0v) is 18.6. The van der Waals surface area contributed by atoms with Crippen molar-refractivity contribution in [1.82, 2.24) is 4.31 Å². The predicted molar refractivity (Wildman–Crippen MR) is 112 cm³/mol. The zero-order valence-electron chi connectivity index (χ0n) is 17.1. The van der Waals surface area contributed by atoms with Gasteiger partial charge in [0.05, 0.1) is 15.5 Å². The van der Waals surface area contributed by atoms with Crippen LogP contribution in [0.2, 0.25) is 5.02 Å². The molecule has 0 saturated carbocycles. The molecule has 2 aromatic rings. The molecule has 11 heteroatoms. The first-order chi connectivity index (χ1) is 14.9. The van der Waals surface area contributed by atoms with E-state index in [1.54, 1.807) is 13.0 Å². The Labute approximate surface area is 188 Å². The van der Waals surface area contributed by atoms with E-state index in [1.807, 2.05) is 0 Å². The van der Waals surface area contributed by atoms with Gasteiger partial charge in [0.1, 0.15) is 5.82 Å². The Bertz CT molecular complexity index is 1100. The number of sulfonamides is 1. The summed E-state index contributed by atoms with van der Waals surface area (Å²) in [4.78, 5) is 13.9. The molecule has 0 N–H and O–H groups in total. The number of rotatable bonds is 5. The number of carbonyl (C=O) groups excluding carboxylic acids is 1. The van der Waals surface area contributed by atoms with E-state index in [4.69, 9.17) is 11.6 Å². The Morgan fingerprint density at radius 3 is 2.38 bits per heavy atom. The molecule has 0 aromatic heterocycles. The van der Waals surface area contributed by atoms with Crippen molar-refractivity contribution >= 4 is 33.2 Å². The van der Waals surface area contributed by atoms with E-state index in [-0.39, 0.29) is 31.8 Å². The molecule has 0 radical (unpaired) electrons. The summed E-state index contributed by atoms with van der Waals surface area (Å²) in [6.07, 6.45) is -4.39. The minimum atomic E-state index is -4.79. The van der Waals surface area contributed by atoms with E-state index in [2.05, 4.69) is 0 Å². The van der Waals surface area contributed by atoms with Crippen LogP contribution in [0.15, 0.2) is 47.4 Å². The van der Waals surface area contributed by atoms with Gasteiger partial charge < -0.3 is 4.90 Å². The molecule has 1 fully saturated rings. The Kier molecular flexibility index (Phi) is 7.16. The third-order valence-corrected chi connectivity index (χ3v) is 7.61. The molecule has 0 aliphatic carbocycles. The third kappa shape index (κ3) is 5.07. The summed E-state index contributed by atoms with van der Waals surface area (Å²) in [6, 6.07) is 8.10. The number of amides is 1. The first-order valence-electron chi connectivity index (χ1n) is 9.89. The Hall–Kier alpha value is -2.17. The molecule has 0 bridgehead atoms. The van der Waals surface area contributed by atoms with Gasteiger partial charge in [-0.15, -0.1) is 0 Å². The van der Waals surface area contributed by atoms with Crippen molar-refractivity contribution in [3.63, 3.8) is 0 Å². The van der Waals surface area contributed by atoms with Gasteiger partial charge in [0, 0.05) is 31.2 Å². The van der Waals surface area contributed by atoms with E-state index < -0.39 is 43.4 Å². The molecule has 0 atom stereocenters. The number of piperidine rings is 1. The number of anilines is 1. The van der Waals surface area contributed by atoms with Crippen LogP contribution in [0.25, 0.3) is 0 Å². The van der Waals surface area contributed by atoms with Gasteiger partial charge in [-0.05, 0) is 56.2 Å². The van der Waals surface area contributed by atoms with E-state index in [9.17, 15) is 30.8 Å². The number of hydrogen-bond acceptors (Lipinski definition) is 3. The fourth-order valence-electron chi connectivity index (χ4n) is 3.70. The van der Waals surface area contributed by atoms with Crippen LogP contribution in [-0.2, 0) is 21.0 Å². The summed E-state index contributed by atoms with van der Waals surface area (Å²) < 4.78 is 79.7. The number of alkyl halides is 3. The molecule has 1 heterocycles. The largest absolute Gasteiger partial charge is 0.417 e. The second kappa shape index (κ2) is 9.36. The van der Waals surface area contributed by atoms with Crippen molar-refractivity contribution in [3.8, 4) is 0 Å². The van der Waals surface area contributed by atoms with Gasteiger partial charge >= 0.3 is 6.18 Å².